The molecule has 0 radical (unpaired) electrons. The predicted molar refractivity (Wildman–Crippen MR) is 81.6 cm³/mol. The van der Waals surface area contributed by atoms with Gasteiger partial charge >= 0.3 is 0 Å². The van der Waals surface area contributed by atoms with E-state index in [0.29, 0.717) is 42.9 Å². The van der Waals surface area contributed by atoms with Crippen LogP contribution in [0.25, 0.3) is 0 Å². The third-order valence-electron chi connectivity index (χ3n) is 3.51. The SMILES string of the molecule is Cc1nc(N2CCOCC2)ncc1C(=O)NCCC(C)C. The Hall–Kier alpha value is -1.69. The molecule has 0 spiro atoms. The first-order valence-electron chi connectivity index (χ1n) is 7.52. The van der Waals surface area contributed by atoms with Gasteiger partial charge in [0.15, 0.2) is 0 Å². The summed E-state index contributed by atoms with van der Waals surface area (Å²) in [4.78, 5) is 23.0. The second kappa shape index (κ2) is 7.36. The van der Waals surface area contributed by atoms with E-state index in [4.69, 9.17) is 4.74 Å². The second-order valence-electron chi connectivity index (χ2n) is 5.71. The van der Waals surface area contributed by atoms with Crippen molar-refractivity contribution in [2.45, 2.75) is 27.2 Å². The standard InChI is InChI=1S/C15H24N4O2/c1-11(2)4-5-16-14(20)13-10-17-15(18-12(13)3)19-6-8-21-9-7-19/h10-11H,4-9H2,1-3H3,(H,16,20). The van der Waals surface area contributed by atoms with E-state index in [1.165, 1.54) is 0 Å². The van der Waals surface area contributed by atoms with Gasteiger partial charge in [-0.15, -0.1) is 0 Å². The Bertz CT molecular complexity index is 485. The molecule has 116 valence electrons. The first-order chi connectivity index (χ1) is 10.1. The fourth-order valence-electron chi connectivity index (χ4n) is 2.16. The molecule has 1 N–H and O–H groups in total. The van der Waals surface area contributed by atoms with Crippen LogP contribution >= 0.6 is 0 Å². The summed E-state index contributed by atoms with van der Waals surface area (Å²) >= 11 is 0. The molecular formula is C15H24N4O2. The van der Waals surface area contributed by atoms with Crippen LogP contribution in [0.4, 0.5) is 5.95 Å². The molecule has 1 fully saturated rings. The summed E-state index contributed by atoms with van der Waals surface area (Å²) in [6.07, 6.45) is 2.59. The number of rotatable bonds is 5. The highest BCUT2D eigenvalue weighted by Gasteiger charge is 2.17. The number of nitrogens with one attached hydrogen (secondary N) is 1. The van der Waals surface area contributed by atoms with E-state index >= 15 is 0 Å². The first-order valence-corrected chi connectivity index (χ1v) is 7.52. The summed E-state index contributed by atoms with van der Waals surface area (Å²) in [5, 5.41) is 2.92. The van der Waals surface area contributed by atoms with Crippen molar-refractivity contribution >= 4 is 11.9 Å². The van der Waals surface area contributed by atoms with Gasteiger partial charge in [0.1, 0.15) is 0 Å². The van der Waals surface area contributed by atoms with E-state index < -0.39 is 0 Å². The van der Waals surface area contributed by atoms with E-state index in [2.05, 4.69) is 34.0 Å². The van der Waals surface area contributed by atoms with Crippen LogP contribution in [0.15, 0.2) is 6.20 Å². The lowest BCUT2D eigenvalue weighted by molar-refractivity contribution is 0.0950. The quantitative estimate of drug-likeness (QED) is 0.888. The number of carbonyl (C=O) groups excluding carboxylic acids is 1. The van der Waals surface area contributed by atoms with E-state index in [1.54, 1.807) is 6.20 Å². The number of aryl methyl sites for hydroxylation is 1. The van der Waals surface area contributed by atoms with Crippen molar-refractivity contribution in [3.05, 3.63) is 17.5 Å². The Kier molecular flexibility index (Phi) is 5.50. The maximum Gasteiger partial charge on any atom is 0.254 e. The number of morpholine rings is 1. The Labute approximate surface area is 125 Å². The summed E-state index contributed by atoms with van der Waals surface area (Å²) in [6, 6.07) is 0. The van der Waals surface area contributed by atoms with Gasteiger partial charge in [-0.25, -0.2) is 9.97 Å². The molecule has 0 saturated carbocycles. The van der Waals surface area contributed by atoms with Crippen LogP contribution in [0, 0.1) is 12.8 Å². The van der Waals surface area contributed by atoms with E-state index in [9.17, 15) is 4.79 Å². The zero-order chi connectivity index (χ0) is 15.2. The molecule has 1 aliphatic rings. The van der Waals surface area contributed by atoms with E-state index in [0.717, 1.165) is 19.5 Å². The molecule has 2 heterocycles. The summed E-state index contributed by atoms with van der Waals surface area (Å²) < 4.78 is 5.32. The molecule has 0 atom stereocenters. The van der Waals surface area contributed by atoms with Gasteiger partial charge in [-0.3, -0.25) is 4.79 Å². The lowest BCUT2D eigenvalue weighted by atomic mass is 10.1. The summed E-state index contributed by atoms with van der Waals surface area (Å²) in [5.74, 6) is 1.16. The van der Waals surface area contributed by atoms with Crippen LogP contribution in [0.1, 0.15) is 36.3 Å². The van der Waals surface area contributed by atoms with Crippen molar-refractivity contribution in [1.29, 1.82) is 0 Å². The Morgan fingerprint density at radius 1 is 1.43 bits per heavy atom. The molecule has 1 saturated heterocycles. The normalized spacial score (nSPS) is 15.3. The van der Waals surface area contributed by atoms with Crippen LogP contribution < -0.4 is 10.2 Å². The van der Waals surface area contributed by atoms with Crippen molar-refractivity contribution in [1.82, 2.24) is 15.3 Å². The zero-order valence-electron chi connectivity index (χ0n) is 13.1. The molecule has 0 bridgehead atoms. The molecule has 1 aliphatic heterocycles. The molecule has 21 heavy (non-hydrogen) atoms. The summed E-state index contributed by atoms with van der Waals surface area (Å²) in [5.41, 5.74) is 1.27. The van der Waals surface area contributed by atoms with Gasteiger partial charge in [0.2, 0.25) is 5.95 Å². The lowest BCUT2D eigenvalue weighted by Crippen LogP contribution is -2.37. The maximum absolute atomic E-state index is 12.1. The van der Waals surface area contributed by atoms with Gasteiger partial charge in [-0.2, -0.15) is 0 Å². The van der Waals surface area contributed by atoms with Gasteiger partial charge in [0.05, 0.1) is 24.5 Å². The number of anilines is 1. The minimum atomic E-state index is -0.0957. The van der Waals surface area contributed by atoms with Crippen molar-refractivity contribution in [3.63, 3.8) is 0 Å². The monoisotopic (exact) mass is 292 g/mol. The number of hydrogen-bond acceptors (Lipinski definition) is 5. The van der Waals surface area contributed by atoms with Gasteiger partial charge in [-0.05, 0) is 19.3 Å². The summed E-state index contributed by atoms with van der Waals surface area (Å²) in [7, 11) is 0. The number of hydrogen-bond donors (Lipinski definition) is 1. The van der Waals surface area contributed by atoms with Crippen LogP contribution in [0.2, 0.25) is 0 Å². The average Bonchev–Trinajstić information content (AvgIpc) is 2.47. The molecule has 1 aromatic rings. The van der Waals surface area contributed by atoms with Gasteiger partial charge in [-0.1, -0.05) is 13.8 Å². The predicted octanol–water partition coefficient (Wildman–Crippen LogP) is 1.40. The van der Waals surface area contributed by atoms with Crippen molar-refractivity contribution in [3.8, 4) is 0 Å². The molecule has 0 aromatic carbocycles. The molecule has 0 aliphatic carbocycles. The fourth-order valence-corrected chi connectivity index (χ4v) is 2.16. The van der Waals surface area contributed by atoms with Crippen LogP contribution in [0.3, 0.4) is 0 Å². The van der Waals surface area contributed by atoms with Crippen LogP contribution in [0.5, 0.6) is 0 Å². The molecule has 6 heteroatoms. The van der Waals surface area contributed by atoms with E-state index in [1.807, 2.05) is 6.92 Å². The highest BCUT2D eigenvalue weighted by Crippen LogP contribution is 2.13. The highest BCUT2D eigenvalue weighted by molar-refractivity contribution is 5.94. The fraction of sp³-hybridized carbons (Fsp3) is 0.667. The van der Waals surface area contributed by atoms with Crippen molar-refractivity contribution in [2.75, 3.05) is 37.7 Å². The zero-order valence-corrected chi connectivity index (χ0v) is 13.1. The molecule has 2 rings (SSSR count). The molecule has 1 amide bonds. The van der Waals surface area contributed by atoms with Crippen LogP contribution in [-0.4, -0.2) is 48.7 Å². The third kappa shape index (κ3) is 4.39. The van der Waals surface area contributed by atoms with Crippen molar-refractivity contribution < 1.29 is 9.53 Å². The Morgan fingerprint density at radius 2 is 2.14 bits per heavy atom. The minimum absolute atomic E-state index is 0.0957. The average molecular weight is 292 g/mol. The molecule has 6 nitrogen and oxygen atoms in total. The lowest BCUT2D eigenvalue weighted by Gasteiger charge is -2.27. The maximum atomic E-state index is 12.1. The summed E-state index contributed by atoms with van der Waals surface area (Å²) in [6.45, 7) is 9.78. The largest absolute Gasteiger partial charge is 0.378 e. The Balaban J connectivity index is 1.99. The van der Waals surface area contributed by atoms with Gasteiger partial charge in [0, 0.05) is 25.8 Å². The second-order valence-corrected chi connectivity index (χ2v) is 5.71. The van der Waals surface area contributed by atoms with Crippen LogP contribution in [-0.2, 0) is 4.74 Å². The highest BCUT2D eigenvalue weighted by atomic mass is 16.5. The smallest absolute Gasteiger partial charge is 0.254 e. The van der Waals surface area contributed by atoms with Gasteiger partial charge in [0.25, 0.3) is 5.91 Å². The Morgan fingerprint density at radius 3 is 2.76 bits per heavy atom. The third-order valence-corrected chi connectivity index (χ3v) is 3.51. The first kappa shape index (κ1) is 15.7. The number of ether oxygens (including phenoxy) is 1. The molecule has 0 unspecified atom stereocenters. The number of carbonyl (C=O) groups is 1. The number of amides is 1. The number of nitrogens with zero attached hydrogens (tertiary/aromatic N) is 3. The molecule has 1 aromatic heterocycles. The van der Waals surface area contributed by atoms with Crippen molar-refractivity contribution in [2.24, 2.45) is 5.92 Å². The topological polar surface area (TPSA) is 67.3 Å². The van der Waals surface area contributed by atoms with Gasteiger partial charge < -0.3 is 15.0 Å². The van der Waals surface area contributed by atoms with E-state index in [-0.39, 0.29) is 5.91 Å². The number of aromatic nitrogens is 2. The molecular weight excluding hydrogens is 268 g/mol. The minimum Gasteiger partial charge on any atom is -0.378 e.